The van der Waals surface area contributed by atoms with Crippen LogP contribution in [0.2, 0.25) is 0 Å². The molecule has 0 saturated carbocycles. The summed E-state index contributed by atoms with van der Waals surface area (Å²) in [7, 11) is 0. The molecule has 7 nitrogen and oxygen atoms in total. The number of nitrogens with one attached hydrogen (secondary N) is 1. The molecule has 0 radical (unpaired) electrons. The predicted octanol–water partition coefficient (Wildman–Crippen LogP) is 2.74. The maximum Gasteiger partial charge on any atom is 0.332 e. The molecule has 8 heteroatoms. The van der Waals surface area contributed by atoms with Crippen LogP contribution in [0.3, 0.4) is 0 Å². The van der Waals surface area contributed by atoms with E-state index >= 15 is 0 Å². The summed E-state index contributed by atoms with van der Waals surface area (Å²) in [5.41, 5.74) is 0.209. The van der Waals surface area contributed by atoms with Crippen LogP contribution in [0, 0.1) is 0 Å². The summed E-state index contributed by atoms with van der Waals surface area (Å²) >= 11 is 3.35. The Morgan fingerprint density at radius 1 is 1.10 bits per heavy atom. The average Bonchev–Trinajstić information content (AvgIpc) is 3.23. The Labute approximate surface area is 175 Å². The van der Waals surface area contributed by atoms with Gasteiger partial charge in [0.05, 0.1) is 23.6 Å². The van der Waals surface area contributed by atoms with Crippen LogP contribution >= 0.6 is 15.9 Å². The van der Waals surface area contributed by atoms with Gasteiger partial charge >= 0.3 is 5.69 Å². The van der Waals surface area contributed by atoms with Gasteiger partial charge in [-0.25, -0.2) is 4.79 Å². The van der Waals surface area contributed by atoms with Crippen molar-refractivity contribution in [3.8, 4) is 0 Å². The van der Waals surface area contributed by atoms with Gasteiger partial charge in [0.15, 0.2) is 0 Å². The molecule has 1 N–H and O–H groups in total. The van der Waals surface area contributed by atoms with Crippen molar-refractivity contribution in [1.82, 2.24) is 9.13 Å². The van der Waals surface area contributed by atoms with Gasteiger partial charge < -0.3 is 10.1 Å². The lowest BCUT2D eigenvalue weighted by atomic mass is 10.2. The zero-order chi connectivity index (χ0) is 20.4. The largest absolute Gasteiger partial charge is 0.376 e. The van der Waals surface area contributed by atoms with E-state index in [2.05, 4.69) is 21.2 Å². The number of amides is 1. The minimum atomic E-state index is -0.504. The van der Waals surface area contributed by atoms with Crippen LogP contribution in [0.5, 0.6) is 0 Å². The Morgan fingerprint density at radius 2 is 1.86 bits per heavy atom. The number of hydrogen-bond acceptors (Lipinski definition) is 4. The molecule has 1 aliphatic rings. The standard InChI is InChI=1S/C21H20BrN3O4/c22-14-7-9-15(10-8-14)23-19(26)13-24-18-6-2-1-5-17(18)20(27)25(21(24)28)12-16-4-3-11-29-16/h1-2,5-10,16H,3-4,11-13H2,(H,23,26)/t16-/m0/s1. The Balaban J connectivity index is 1.70. The molecule has 1 aromatic heterocycles. The third-order valence-electron chi connectivity index (χ3n) is 4.97. The zero-order valence-electron chi connectivity index (χ0n) is 15.6. The van der Waals surface area contributed by atoms with Crippen LogP contribution in [0.15, 0.2) is 62.6 Å². The molecule has 1 fully saturated rings. The maximum absolute atomic E-state index is 13.1. The molecule has 1 amide bonds. The first-order chi connectivity index (χ1) is 14.0. The molecule has 1 saturated heterocycles. The van der Waals surface area contributed by atoms with Crippen LogP contribution in [0.1, 0.15) is 12.8 Å². The molecule has 1 atom stereocenters. The minimum absolute atomic E-state index is 0.161. The summed E-state index contributed by atoms with van der Waals surface area (Å²) in [5, 5.41) is 3.19. The van der Waals surface area contributed by atoms with Crippen LogP contribution in [-0.4, -0.2) is 27.8 Å². The van der Waals surface area contributed by atoms with Gasteiger partial charge in [-0.3, -0.25) is 18.7 Å². The molecule has 150 valence electrons. The van der Waals surface area contributed by atoms with Crippen LogP contribution in [-0.2, 0) is 22.6 Å². The smallest absolute Gasteiger partial charge is 0.332 e. The highest BCUT2D eigenvalue weighted by Crippen LogP contribution is 2.15. The second kappa shape index (κ2) is 8.34. The van der Waals surface area contributed by atoms with Crippen molar-refractivity contribution in [3.05, 3.63) is 73.8 Å². The maximum atomic E-state index is 13.1. The van der Waals surface area contributed by atoms with E-state index in [9.17, 15) is 14.4 Å². The fourth-order valence-electron chi connectivity index (χ4n) is 3.55. The van der Waals surface area contributed by atoms with Crippen molar-refractivity contribution in [2.45, 2.75) is 32.0 Å². The predicted molar refractivity (Wildman–Crippen MR) is 114 cm³/mol. The number of fused-ring (bicyclic) bond motifs is 1. The lowest BCUT2D eigenvalue weighted by molar-refractivity contribution is -0.116. The summed E-state index contributed by atoms with van der Waals surface area (Å²) in [6.07, 6.45) is 1.56. The average molecular weight is 458 g/mol. The lowest BCUT2D eigenvalue weighted by Crippen LogP contribution is -2.43. The molecule has 0 bridgehead atoms. The second-order valence-corrected chi connectivity index (χ2v) is 7.91. The van der Waals surface area contributed by atoms with E-state index in [4.69, 9.17) is 4.74 Å². The highest BCUT2D eigenvalue weighted by molar-refractivity contribution is 9.10. The third kappa shape index (κ3) is 4.18. The molecular weight excluding hydrogens is 438 g/mol. The minimum Gasteiger partial charge on any atom is -0.376 e. The number of carbonyl (C=O) groups is 1. The Hall–Kier alpha value is -2.71. The van der Waals surface area contributed by atoms with E-state index in [0.717, 1.165) is 17.3 Å². The van der Waals surface area contributed by atoms with E-state index in [0.29, 0.717) is 23.2 Å². The summed E-state index contributed by atoms with van der Waals surface area (Å²) < 4.78 is 9.03. The quantitative estimate of drug-likeness (QED) is 0.638. The Kier molecular flexibility index (Phi) is 5.64. The van der Waals surface area contributed by atoms with Crippen molar-refractivity contribution < 1.29 is 9.53 Å². The number of aromatic nitrogens is 2. The van der Waals surface area contributed by atoms with Crippen molar-refractivity contribution in [3.63, 3.8) is 0 Å². The molecule has 0 spiro atoms. The van der Waals surface area contributed by atoms with E-state index in [-0.39, 0.29) is 30.7 Å². The Bertz CT molecular complexity index is 1160. The second-order valence-electron chi connectivity index (χ2n) is 6.99. The fourth-order valence-corrected chi connectivity index (χ4v) is 3.82. The topological polar surface area (TPSA) is 82.3 Å². The first-order valence-corrected chi connectivity index (χ1v) is 10.2. The first-order valence-electron chi connectivity index (χ1n) is 9.42. The normalized spacial score (nSPS) is 16.2. The monoisotopic (exact) mass is 457 g/mol. The van der Waals surface area contributed by atoms with Gasteiger partial charge in [-0.2, -0.15) is 0 Å². The summed E-state index contributed by atoms with van der Waals surface area (Å²) in [6.45, 7) is 0.634. The van der Waals surface area contributed by atoms with Gasteiger partial charge in [0.2, 0.25) is 5.91 Å². The van der Waals surface area contributed by atoms with Gasteiger partial charge in [-0.15, -0.1) is 0 Å². The molecular formula is C21H20BrN3O4. The van der Waals surface area contributed by atoms with Crippen molar-refractivity contribution in [1.29, 1.82) is 0 Å². The zero-order valence-corrected chi connectivity index (χ0v) is 17.2. The van der Waals surface area contributed by atoms with Crippen molar-refractivity contribution >= 4 is 38.4 Å². The van der Waals surface area contributed by atoms with Crippen molar-refractivity contribution in [2.24, 2.45) is 0 Å². The highest BCUT2D eigenvalue weighted by Gasteiger charge is 2.21. The number of hydrogen-bond donors (Lipinski definition) is 1. The molecule has 0 unspecified atom stereocenters. The van der Waals surface area contributed by atoms with Crippen LogP contribution in [0.25, 0.3) is 10.9 Å². The summed E-state index contributed by atoms with van der Waals surface area (Å²) in [6, 6.07) is 14.0. The molecule has 2 heterocycles. The van der Waals surface area contributed by atoms with Gasteiger partial charge in [-0.05, 0) is 49.2 Å². The number of halogens is 1. The first kappa shape index (κ1) is 19.6. The summed E-state index contributed by atoms with van der Waals surface area (Å²) in [5.74, 6) is -0.345. The van der Waals surface area contributed by atoms with Gasteiger partial charge in [0, 0.05) is 16.8 Å². The van der Waals surface area contributed by atoms with Gasteiger partial charge in [0.25, 0.3) is 5.56 Å². The number of carbonyl (C=O) groups excluding carboxylic acids is 1. The summed E-state index contributed by atoms with van der Waals surface area (Å²) in [4.78, 5) is 38.6. The van der Waals surface area contributed by atoms with E-state index in [1.54, 1.807) is 36.4 Å². The van der Waals surface area contributed by atoms with Gasteiger partial charge in [0.1, 0.15) is 6.54 Å². The molecule has 4 rings (SSSR count). The highest BCUT2D eigenvalue weighted by atomic mass is 79.9. The molecule has 0 aliphatic carbocycles. The Morgan fingerprint density at radius 3 is 2.59 bits per heavy atom. The van der Waals surface area contributed by atoms with E-state index in [1.165, 1.54) is 9.13 Å². The van der Waals surface area contributed by atoms with Crippen LogP contribution < -0.4 is 16.6 Å². The van der Waals surface area contributed by atoms with Crippen molar-refractivity contribution in [2.75, 3.05) is 11.9 Å². The molecule has 1 aliphatic heterocycles. The third-order valence-corrected chi connectivity index (χ3v) is 5.50. The van der Waals surface area contributed by atoms with E-state index in [1.807, 2.05) is 12.1 Å². The fraction of sp³-hybridized carbons (Fsp3) is 0.286. The van der Waals surface area contributed by atoms with Gasteiger partial charge in [-0.1, -0.05) is 28.1 Å². The number of para-hydroxylation sites is 1. The molecule has 29 heavy (non-hydrogen) atoms. The number of nitrogens with zero attached hydrogens (tertiary/aromatic N) is 2. The molecule has 3 aromatic rings. The number of anilines is 1. The number of ether oxygens (including phenoxy) is 1. The lowest BCUT2D eigenvalue weighted by Gasteiger charge is -2.16. The number of rotatable bonds is 5. The number of benzene rings is 2. The SMILES string of the molecule is O=C(Cn1c(=O)n(C[C@@H]2CCCO2)c(=O)c2ccccc21)Nc1ccc(Br)cc1. The van der Waals surface area contributed by atoms with Crippen LogP contribution in [0.4, 0.5) is 5.69 Å². The van der Waals surface area contributed by atoms with E-state index < -0.39 is 5.69 Å². The molecule has 2 aromatic carbocycles.